The van der Waals surface area contributed by atoms with E-state index < -0.39 is 10.8 Å². The average molecular weight is 237 g/mol. The summed E-state index contributed by atoms with van der Waals surface area (Å²) in [6.45, 7) is 5.28. The second-order valence-corrected chi connectivity index (χ2v) is 6.22. The molecule has 2 nitrogen and oxygen atoms in total. The van der Waals surface area contributed by atoms with Crippen LogP contribution in [-0.2, 0) is 10.8 Å². The highest BCUT2D eigenvalue weighted by atomic mass is 32.2. The molecule has 2 atom stereocenters. The zero-order valence-electron chi connectivity index (χ0n) is 9.90. The van der Waals surface area contributed by atoms with E-state index in [2.05, 4.69) is 43.4 Å². The Labute approximate surface area is 99.9 Å². The lowest BCUT2D eigenvalue weighted by atomic mass is 9.93. The molecule has 0 radical (unpaired) electrons. The normalized spacial score (nSPS) is 25.9. The summed E-state index contributed by atoms with van der Waals surface area (Å²) in [4.78, 5) is 0. The lowest BCUT2D eigenvalue weighted by Gasteiger charge is -2.26. The lowest BCUT2D eigenvalue weighted by molar-refractivity contribution is 0.565. The maximum Gasteiger partial charge on any atom is 0.0439 e. The van der Waals surface area contributed by atoms with Crippen molar-refractivity contribution in [3.63, 3.8) is 0 Å². The molecule has 1 heterocycles. The van der Waals surface area contributed by atoms with Crippen molar-refractivity contribution in [2.24, 2.45) is 0 Å². The van der Waals surface area contributed by atoms with Gasteiger partial charge in [-0.15, -0.1) is 0 Å². The van der Waals surface area contributed by atoms with Gasteiger partial charge in [0.15, 0.2) is 0 Å². The van der Waals surface area contributed by atoms with E-state index in [1.165, 1.54) is 11.1 Å². The second-order valence-electron chi connectivity index (χ2n) is 4.60. The Kier molecular flexibility index (Phi) is 3.77. The van der Waals surface area contributed by atoms with Gasteiger partial charge >= 0.3 is 0 Å². The third-order valence-electron chi connectivity index (χ3n) is 3.07. The molecule has 1 aliphatic heterocycles. The van der Waals surface area contributed by atoms with E-state index in [1.54, 1.807) is 0 Å². The minimum atomic E-state index is -0.655. The number of hydrogen-bond donors (Lipinski definition) is 1. The van der Waals surface area contributed by atoms with E-state index in [4.69, 9.17) is 0 Å². The summed E-state index contributed by atoms with van der Waals surface area (Å²) >= 11 is 0. The molecular formula is C13H19NOS. The zero-order valence-corrected chi connectivity index (χ0v) is 10.7. The van der Waals surface area contributed by atoms with E-state index in [0.29, 0.717) is 5.92 Å². The summed E-state index contributed by atoms with van der Waals surface area (Å²) < 4.78 is 11.6. The molecule has 16 heavy (non-hydrogen) atoms. The summed E-state index contributed by atoms with van der Waals surface area (Å²) in [5, 5.41) is 3.47. The van der Waals surface area contributed by atoms with Gasteiger partial charge in [-0.25, -0.2) is 0 Å². The number of benzene rings is 1. The van der Waals surface area contributed by atoms with Crippen LogP contribution in [0, 0.1) is 0 Å². The molecule has 1 N–H and O–H groups in total. The molecule has 0 spiro atoms. The van der Waals surface area contributed by atoms with Crippen molar-refractivity contribution in [1.29, 1.82) is 0 Å². The van der Waals surface area contributed by atoms with E-state index in [-0.39, 0.29) is 6.04 Å². The van der Waals surface area contributed by atoms with Crippen LogP contribution in [0.15, 0.2) is 24.3 Å². The van der Waals surface area contributed by atoms with E-state index >= 15 is 0 Å². The van der Waals surface area contributed by atoms with Crippen molar-refractivity contribution in [3.8, 4) is 0 Å². The molecule has 1 aromatic rings. The van der Waals surface area contributed by atoms with Gasteiger partial charge in [0.05, 0.1) is 0 Å². The van der Waals surface area contributed by atoms with Crippen molar-refractivity contribution in [3.05, 3.63) is 35.4 Å². The van der Waals surface area contributed by atoms with Crippen LogP contribution >= 0.6 is 0 Å². The fourth-order valence-corrected chi connectivity index (χ4v) is 3.41. The van der Waals surface area contributed by atoms with E-state index in [9.17, 15) is 4.21 Å². The fraction of sp³-hybridized carbons (Fsp3) is 0.538. The van der Waals surface area contributed by atoms with Crippen LogP contribution < -0.4 is 5.32 Å². The van der Waals surface area contributed by atoms with Crippen LogP contribution in [0.25, 0.3) is 0 Å². The summed E-state index contributed by atoms with van der Waals surface area (Å²) in [5.74, 6) is 2.07. The zero-order chi connectivity index (χ0) is 11.5. The quantitative estimate of drug-likeness (QED) is 0.854. The Hall–Kier alpha value is -0.670. The summed E-state index contributed by atoms with van der Waals surface area (Å²) in [7, 11) is -0.655. The van der Waals surface area contributed by atoms with Crippen molar-refractivity contribution in [2.45, 2.75) is 25.8 Å². The topological polar surface area (TPSA) is 29.1 Å². The van der Waals surface area contributed by atoms with E-state index in [1.807, 2.05) is 0 Å². The molecule has 0 saturated carbocycles. The van der Waals surface area contributed by atoms with Gasteiger partial charge < -0.3 is 5.32 Å². The van der Waals surface area contributed by atoms with E-state index in [0.717, 1.165) is 18.1 Å². The molecule has 1 fully saturated rings. The van der Waals surface area contributed by atoms with Crippen LogP contribution in [-0.4, -0.2) is 22.3 Å². The molecule has 0 bridgehead atoms. The van der Waals surface area contributed by atoms with Gasteiger partial charge in [0.25, 0.3) is 0 Å². The van der Waals surface area contributed by atoms with Gasteiger partial charge in [0, 0.05) is 34.9 Å². The molecule has 0 aliphatic carbocycles. The van der Waals surface area contributed by atoms with Crippen molar-refractivity contribution < 1.29 is 4.21 Å². The summed E-state index contributed by atoms with van der Waals surface area (Å²) in [5.41, 5.74) is 2.70. The van der Waals surface area contributed by atoms with Gasteiger partial charge in [-0.1, -0.05) is 38.1 Å². The molecule has 0 amide bonds. The van der Waals surface area contributed by atoms with Crippen LogP contribution in [0.1, 0.15) is 36.9 Å². The van der Waals surface area contributed by atoms with Crippen molar-refractivity contribution in [1.82, 2.24) is 5.32 Å². The summed E-state index contributed by atoms with van der Waals surface area (Å²) in [6, 6.07) is 8.77. The van der Waals surface area contributed by atoms with Gasteiger partial charge in [-0.2, -0.15) is 0 Å². The number of rotatable bonds is 2. The van der Waals surface area contributed by atoms with Crippen LogP contribution in [0.2, 0.25) is 0 Å². The third-order valence-corrected chi connectivity index (χ3v) is 4.43. The molecule has 0 aromatic heterocycles. The maximum atomic E-state index is 11.6. The average Bonchev–Trinajstić information content (AvgIpc) is 2.29. The molecular weight excluding hydrogens is 218 g/mol. The molecule has 3 heteroatoms. The first-order valence-electron chi connectivity index (χ1n) is 5.85. The highest BCUT2D eigenvalue weighted by molar-refractivity contribution is 7.85. The van der Waals surface area contributed by atoms with Crippen LogP contribution in [0.3, 0.4) is 0 Å². The monoisotopic (exact) mass is 237 g/mol. The predicted molar refractivity (Wildman–Crippen MR) is 69.2 cm³/mol. The molecule has 2 rings (SSSR count). The smallest absolute Gasteiger partial charge is 0.0439 e. The maximum absolute atomic E-state index is 11.6. The minimum absolute atomic E-state index is 0.271. The lowest BCUT2D eigenvalue weighted by Crippen LogP contribution is -2.36. The predicted octanol–water partition coefficient (Wildman–Crippen LogP) is 2.20. The molecule has 1 aliphatic rings. The summed E-state index contributed by atoms with van der Waals surface area (Å²) in [6.07, 6.45) is 0. The number of hydrogen-bond acceptors (Lipinski definition) is 2. The molecule has 88 valence electrons. The Bertz CT molecular complexity index is 389. The first-order chi connectivity index (χ1) is 7.68. The standard InChI is InChI=1S/C13H19NOS/c1-10(2)11-5-3-4-6-12(11)13-9-16(15)8-7-14-13/h3-6,10,13-14H,7-9H2,1-2H3. The first-order valence-corrected chi connectivity index (χ1v) is 7.34. The highest BCUT2D eigenvalue weighted by Crippen LogP contribution is 2.26. The Morgan fingerprint density at radius 2 is 2.12 bits per heavy atom. The van der Waals surface area contributed by atoms with Crippen molar-refractivity contribution in [2.75, 3.05) is 18.1 Å². The van der Waals surface area contributed by atoms with Crippen LogP contribution in [0.5, 0.6) is 0 Å². The Morgan fingerprint density at radius 1 is 1.38 bits per heavy atom. The van der Waals surface area contributed by atoms with Gasteiger partial charge in [-0.3, -0.25) is 4.21 Å². The Morgan fingerprint density at radius 3 is 2.81 bits per heavy atom. The molecule has 2 unspecified atom stereocenters. The highest BCUT2D eigenvalue weighted by Gasteiger charge is 2.21. The van der Waals surface area contributed by atoms with Gasteiger partial charge in [0.2, 0.25) is 0 Å². The van der Waals surface area contributed by atoms with Gasteiger partial charge in [-0.05, 0) is 17.0 Å². The first kappa shape index (κ1) is 11.8. The Balaban J connectivity index is 2.28. The van der Waals surface area contributed by atoms with Gasteiger partial charge in [0.1, 0.15) is 0 Å². The minimum Gasteiger partial charge on any atom is -0.308 e. The van der Waals surface area contributed by atoms with Crippen molar-refractivity contribution >= 4 is 10.8 Å². The SMILES string of the molecule is CC(C)c1ccccc1C1CS(=O)CCN1. The second kappa shape index (κ2) is 5.11. The molecule has 1 aromatic carbocycles. The molecule has 1 saturated heterocycles. The fourth-order valence-electron chi connectivity index (χ4n) is 2.23. The third kappa shape index (κ3) is 2.53. The number of nitrogens with one attached hydrogen (secondary N) is 1. The largest absolute Gasteiger partial charge is 0.308 e. The van der Waals surface area contributed by atoms with Crippen LogP contribution in [0.4, 0.5) is 0 Å².